The molecule has 18 heavy (non-hydrogen) atoms. The van der Waals surface area contributed by atoms with Crippen LogP contribution in [-0.4, -0.2) is 30.0 Å². The Balaban J connectivity index is 2.79. The van der Waals surface area contributed by atoms with Crippen molar-refractivity contribution in [3.8, 4) is 11.5 Å². The molecule has 5 heteroatoms. The van der Waals surface area contributed by atoms with Crippen LogP contribution < -0.4 is 9.47 Å². The molecule has 0 fully saturated rings. The van der Waals surface area contributed by atoms with E-state index >= 15 is 0 Å². The highest BCUT2D eigenvalue weighted by Crippen LogP contribution is 2.37. The van der Waals surface area contributed by atoms with E-state index in [2.05, 4.69) is 15.9 Å². The van der Waals surface area contributed by atoms with E-state index in [1.165, 1.54) is 0 Å². The minimum atomic E-state index is -0.0382. The molecule has 0 spiro atoms. The van der Waals surface area contributed by atoms with E-state index in [9.17, 15) is 0 Å². The third-order valence-corrected chi connectivity index (χ3v) is 2.94. The van der Waals surface area contributed by atoms with Crippen LogP contribution in [0.25, 0.3) is 0 Å². The van der Waals surface area contributed by atoms with E-state index in [-0.39, 0.29) is 13.2 Å². The zero-order valence-corrected chi connectivity index (χ0v) is 12.1. The molecule has 0 amide bonds. The van der Waals surface area contributed by atoms with Crippen LogP contribution >= 0.6 is 15.9 Å². The Morgan fingerprint density at radius 1 is 1.17 bits per heavy atom. The van der Waals surface area contributed by atoms with Crippen molar-refractivity contribution in [2.75, 3.05) is 19.8 Å². The van der Waals surface area contributed by atoms with Crippen molar-refractivity contribution < 1.29 is 19.7 Å². The molecule has 0 radical (unpaired) electrons. The van der Waals surface area contributed by atoms with E-state index in [0.29, 0.717) is 24.7 Å². The van der Waals surface area contributed by atoms with Gasteiger partial charge in [0, 0.05) is 6.61 Å². The van der Waals surface area contributed by atoms with Gasteiger partial charge in [-0.05, 0) is 53.4 Å². The largest absolute Gasteiger partial charge is 0.490 e. The van der Waals surface area contributed by atoms with Gasteiger partial charge in [-0.3, -0.25) is 0 Å². The van der Waals surface area contributed by atoms with Gasteiger partial charge in [0.15, 0.2) is 11.5 Å². The van der Waals surface area contributed by atoms with Crippen molar-refractivity contribution in [2.45, 2.75) is 26.4 Å². The summed E-state index contributed by atoms with van der Waals surface area (Å²) in [6.45, 7) is 3.09. The van der Waals surface area contributed by atoms with Crippen molar-refractivity contribution in [1.29, 1.82) is 0 Å². The maximum absolute atomic E-state index is 9.15. The van der Waals surface area contributed by atoms with Crippen molar-refractivity contribution in [1.82, 2.24) is 0 Å². The molecule has 0 bridgehead atoms. The summed E-state index contributed by atoms with van der Waals surface area (Å²) in [4.78, 5) is 0. The fourth-order valence-electron chi connectivity index (χ4n) is 1.50. The van der Waals surface area contributed by atoms with Gasteiger partial charge in [-0.1, -0.05) is 0 Å². The molecular weight excluding hydrogens is 300 g/mol. The van der Waals surface area contributed by atoms with Crippen LogP contribution in [0.3, 0.4) is 0 Å². The summed E-state index contributed by atoms with van der Waals surface area (Å²) in [7, 11) is 0. The first-order valence-corrected chi connectivity index (χ1v) is 6.82. The predicted molar refractivity (Wildman–Crippen MR) is 73.0 cm³/mol. The van der Waals surface area contributed by atoms with Crippen LogP contribution in [0.4, 0.5) is 0 Å². The van der Waals surface area contributed by atoms with Gasteiger partial charge in [-0.15, -0.1) is 0 Å². The number of halogens is 1. The standard InChI is InChI=1S/C13H19BrO4/c1-2-17-12-8-10(9-16)7-11(14)13(12)18-6-4-3-5-15/h7-8,15-16H,2-6,9H2,1H3. The van der Waals surface area contributed by atoms with Gasteiger partial charge in [0.2, 0.25) is 0 Å². The lowest BCUT2D eigenvalue weighted by Gasteiger charge is -2.14. The number of rotatable bonds is 8. The van der Waals surface area contributed by atoms with Gasteiger partial charge < -0.3 is 19.7 Å². The Morgan fingerprint density at radius 3 is 2.56 bits per heavy atom. The topological polar surface area (TPSA) is 58.9 Å². The highest BCUT2D eigenvalue weighted by molar-refractivity contribution is 9.10. The molecule has 0 unspecified atom stereocenters. The van der Waals surface area contributed by atoms with Gasteiger partial charge >= 0.3 is 0 Å². The quantitative estimate of drug-likeness (QED) is 0.723. The second-order valence-corrected chi connectivity index (χ2v) is 4.63. The summed E-state index contributed by atoms with van der Waals surface area (Å²) in [6.07, 6.45) is 1.51. The average molecular weight is 319 g/mol. The SMILES string of the molecule is CCOc1cc(CO)cc(Br)c1OCCCCO. The number of aliphatic hydroxyl groups is 2. The lowest BCUT2D eigenvalue weighted by Crippen LogP contribution is -2.03. The molecule has 1 aromatic carbocycles. The zero-order valence-electron chi connectivity index (χ0n) is 10.5. The van der Waals surface area contributed by atoms with Crippen molar-refractivity contribution in [3.05, 3.63) is 22.2 Å². The molecule has 0 aromatic heterocycles. The monoisotopic (exact) mass is 318 g/mol. The molecular formula is C13H19BrO4. The first-order valence-electron chi connectivity index (χ1n) is 6.02. The van der Waals surface area contributed by atoms with Gasteiger partial charge in [-0.25, -0.2) is 0 Å². The number of benzene rings is 1. The van der Waals surface area contributed by atoms with Crippen LogP contribution in [0.1, 0.15) is 25.3 Å². The lowest BCUT2D eigenvalue weighted by atomic mass is 10.2. The number of ether oxygens (including phenoxy) is 2. The fraction of sp³-hybridized carbons (Fsp3) is 0.538. The molecule has 0 aliphatic heterocycles. The molecule has 4 nitrogen and oxygen atoms in total. The van der Waals surface area contributed by atoms with Crippen LogP contribution in [-0.2, 0) is 6.61 Å². The van der Waals surface area contributed by atoms with E-state index in [4.69, 9.17) is 19.7 Å². The average Bonchev–Trinajstić information content (AvgIpc) is 2.37. The zero-order chi connectivity index (χ0) is 13.4. The number of hydrogen-bond acceptors (Lipinski definition) is 4. The smallest absolute Gasteiger partial charge is 0.175 e. The Bertz CT molecular complexity index is 368. The van der Waals surface area contributed by atoms with Crippen LogP contribution in [0.15, 0.2) is 16.6 Å². The minimum Gasteiger partial charge on any atom is -0.490 e. The normalized spacial score (nSPS) is 10.4. The van der Waals surface area contributed by atoms with Crippen LogP contribution in [0.5, 0.6) is 11.5 Å². The molecule has 2 N–H and O–H groups in total. The number of hydrogen-bond donors (Lipinski definition) is 2. The van der Waals surface area contributed by atoms with Gasteiger partial charge in [-0.2, -0.15) is 0 Å². The van der Waals surface area contributed by atoms with E-state index in [1.807, 2.05) is 13.0 Å². The minimum absolute atomic E-state index is 0.0382. The van der Waals surface area contributed by atoms with Crippen molar-refractivity contribution in [3.63, 3.8) is 0 Å². The Kier molecular flexibility index (Phi) is 7.08. The Labute approximate surface area is 116 Å². The molecule has 0 aliphatic carbocycles. The van der Waals surface area contributed by atoms with Crippen LogP contribution in [0.2, 0.25) is 0 Å². The van der Waals surface area contributed by atoms with E-state index < -0.39 is 0 Å². The molecule has 1 aromatic rings. The molecule has 0 atom stereocenters. The van der Waals surface area contributed by atoms with Crippen molar-refractivity contribution in [2.24, 2.45) is 0 Å². The molecule has 0 saturated carbocycles. The van der Waals surface area contributed by atoms with Crippen molar-refractivity contribution >= 4 is 15.9 Å². The Hall–Kier alpha value is -0.780. The van der Waals surface area contributed by atoms with E-state index in [1.54, 1.807) is 6.07 Å². The van der Waals surface area contributed by atoms with Gasteiger partial charge in [0.05, 0.1) is 24.3 Å². The fourth-order valence-corrected chi connectivity index (χ4v) is 2.11. The second-order valence-electron chi connectivity index (χ2n) is 3.78. The maximum Gasteiger partial charge on any atom is 0.175 e. The van der Waals surface area contributed by atoms with Gasteiger partial charge in [0.1, 0.15) is 0 Å². The number of unbranched alkanes of at least 4 members (excludes halogenated alkanes) is 1. The highest BCUT2D eigenvalue weighted by atomic mass is 79.9. The van der Waals surface area contributed by atoms with Crippen LogP contribution in [0, 0.1) is 0 Å². The third-order valence-electron chi connectivity index (χ3n) is 2.35. The molecule has 0 heterocycles. The molecule has 0 saturated heterocycles. The molecule has 102 valence electrons. The summed E-state index contributed by atoms with van der Waals surface area (Å²) < 4.78 is 11.9. The number of aliphatic hydroxyl groups excluding tert-OH is 2. The third kappa shape index (κ3) is 4.48. The lowest BCUT2D eigenvalue weighted by molar-refractivity contribution is 0.241. The first kappa shape index (κ1) is 15.3. The summed E-state index contributed by atoms with van der Waals surface area (Å²) in [5, 5.41) is 17.9. The predicted octanol–water partition coefficient (Wildman–Crippen LogP) is 2.49. The first-order chi connectivity index (χ1) is 8.72. The van der Waals surface area contributed by atoms with Gasteiger partial charge in [0.25, 0.3) is 0 Å². The summed E-state index contributed by atoms with van der Waals surface area (Å²) in [5.41, 5.74) is 0.771. The summed E-state index contributed by atoms with van der Waals surface area (Å²) in [5.74, 6) is 1.27. The summed E-state index contributed by atoms with van der Waals surface area (Å²) in [6, 6.07) is 3.58. The highest BCUT2D eigenvalue weighted by Gasteiger charge is 2.11. The van der Waals surface area contributed by atoms with E-state index in [0.717, 1.165) is 22.9 Å². The molecule has 1 rings (SSSR count). The summed E-state index contributed by atoms with van der Waals surface area (Å²) >= 11 is 3.41. The Morgan fingerprint density at radius 2 is 1.94 bits per heavy atom. The second kappa shape index (κ2) is 8.34. The maximum atomic E-state index is 9.15. The molecule has 0 aliphatic rings.